The fourth-order valence-corrected chi connectivity index (χ4v) is 4.30. The number of allylic oxidation sites excluding steroid dienone is 1. The van der Waals surface area contributed by atoms with Crippen LogP contribution in [-0.4, -0.2) is 26.6 Å². The summed E-state index contributed by atoms with van der Waals surface area (Å²) in [6.45, 7) is 7.21. The van der Waals surface area contributed by atoms with Crippen LogP contribution in [0.3, 0.4) is 0 Å². The van der Waals surface area contributed by atoms with E-state index in [1.165, 1.54) is 34.6 Å². The van der Waals surface area contributed by atoms with Gasteiger partial charge in [-0.2, -0.15) is 0 Å². The fraction of sp³-hybridized carbons (Fsp3) is 0.200. The van der Waals surface area contributed by atoms with Crippen molar-refractivity contribution in [3.63, 3.8) is 0 Å². The number of rotatable bonds is 7. The molecule has 29 heavy (non-hydrogen) atoms. The molecule has 2 amide bonds. The first-order valence-corrected chi connectivity index (χ1v) is 10.6. The molecule has 0 aliphatic heterocycles. The molecular formula is C20H20N4O3S2. The molecule has 0 bridgehead atoms. The predicted molar refractivity (Wildman–Crippen MR) is 119 cm³/mol. The molecule has 2 heterocycles. The lowest BCUT2D eigenvalue weighted by Crippen LogP contribution is -2.26. The molecule has 3 rings (SSSR count). The van der Waals surface area contributed by atoms with Crippen LogP contribution in [0, 0.1) is 0 Å². The van der Waals surface area contributed by atoms with Crippen LogP contribution in [0.1, 0.15) is 13.8 Å². The Bertz CT molecular complexity index is 1120. The molecule has 0 saturated heterocycles. The van der Waals surface area contributed by atoms with E-state index in [9.17, 15) is 14.4 Å². The lowest BCUT2D eigenvalue weighted by molar-refractivity contribution is -0.115. The van der Waals surface area contributed by atoms with Gasteiger partial charge in [0, 0.05) is 24.8 Å². The van der Waals surface area contributed by atoms with E-state index >= 15 is 0 Å². The van der Waals surface area contributed by atoms with Gasteiger partial charge in [-0.15, -0.1) is 17.9 Å². The number of hydrogen-bond acceptors (Lipinski definition) is 6. The number of aromatic nitrogens is 2. The number of anilines is 2. The molecule has 7 nitrogen and oxygen atoms in total. The highest BCUT2D eigenvalue weighted by atomic mass is 32.2. The highest BCUT2D eigenvalue weighted by Gasteiger charge is 2.19. The van der Waals surface area contributed by atoms with Crippen LogP contribution in [0.2, 0.25) is 0 Å². The largest absolute Gasteiger partial charge is 0.326 e. The van der Waals surface area contributed by atoms with Crippen molar-refractivity contribution in [1.29, 1.82) is 0 Å². The van der Waals surface area contributed by atoms with Crippen LogP contribution in [-0.2, 0) is 16.1 Å². The lowest BCUT2D eigenvalue weighted by atomic mass is 10.2. The molecule has 1 aromatic carbocycles. The second-order valence-electron chi connectivity index (χ2n) is 6.24. The first-order valence-electron chi connectivity index (χ1n) is 8.83. The van der Waals surface area contributed by atoms with Gasteiger partial charge in [0.1, 0.15) is 4.70 Å². The first-order chi connectivity index (χ1) is 13.9. The summed E-state index contributed by atoms with van der Waals surface area (Å²) in [5.74, 6) is -0.375. The summed E-state index contributed by atoms with van der Waals surface area (Å²) in [4.78, 5) is 40.9. The molecule has 0 spiro atoms. The summed E-state index contributed by atoms with van der Waals surface area (Å²) in [6, 6.07) is 8.64. The number of benzene rings is 1. The van der Waals surface area contributed by atoms with Gasteiger partial charge in [0.15, 0.2) is 5.16 Å². The number of nitrogens with one attached hydrogen (secondary N) is 2. The Labute approximate surface area is 175 Å². The molecule has 150 valence electrons. The van der Waals surface area contributed by atoms with Gasteiger partial charge in [-0.05, 0) is 42.6 Å². The van der Waals surface area contributed by atoms with Gasteiger partial charge in [0.05, 0.1) is 10.8 Å². The number of thioether (sulfide) groups is 1. The quantitative estimate of drug-likeness (QED) is 0.340. The average Bonchev–Trinajstić information content (AvgIpc) is 3.14. The normalized spacial score (nSPS) is 11.8. The minimum absolute atomic E-state index is 0.131. The molecule has 2 N–H and O–H groups in total. The van der Waals surface area contributed by atoms with Gasteiger partial charge in [-0.25, -0.2) is 4.98 Å². The van der Waals surface area contributed by atoms with Crippen molar-refractivity contribution in [2.45, 2.75) is 30.8 Å². The molecule has 0 saturated carbocycles. The van der Waals surface area contributed by atoms with Crippen molar-refractivity contribution in [3.05, 3.63) is 58.7 Å². The van der Waals surface area contributed by atoms with Crippen LogP contribution in [0.25, 0.3) is 10.2 Å². The van der Waals surface area contributed by atoms with Crippen LogP contribution in [0.5, 0.6) is 0 Å². The molecule has 2 aromatic heterocycles. The lowest BCUT2D eigenvalue weighted by Gasteiger charge is -2.15. The number of carbonyl (C=O) groups is 2. The summed E-state index contributed by atoms with van der Waals surface area (Å²) in [7, 11) is 0. The summed E-state index contributed by atoms with van der Waals surface area (Å²) in [5, 5.41) is 7.33. The van der Waals surface area contributed by atoms with Crippen molar-refractivity contribution >= 4 is 56.5 Å². The van der Waals surface area contributed by atoms with E-state index in [1.807, 2.05) is 5.38 Å². The molecule has 3 aromatic rings. The van der Waals surface area contributed by atoms with Gasteiger partial charge in [0.25, 0.3) is 5.56 Å². The number of amides is 2. The smallest absolute Gasteiger partial charge is 0.272 e. The summed E-state index contributed by atoms with van der Waals surface area (Å²) < 4.78 is 2.12. The van der Waals surface area contributed by atoms with Crippen molar-refractivity contribution in [1.82, 2.24) is 9.55 Å². The maximum absolute atomic E-state index is 12.7. The maximum atomic E-state index is 12.7. The van der Waals surface area contributed by atoms with E-state index in [0.29, 0.717) is 33.3 Å². The Balaban J connectivity index is 1.75. The van der Waals surface area contributed by atoms with E-state index in [0.717, 1.165) is 0 Å². The van der Waals surface area contributed by atoms with Crippen LogP contribution >= 0.6 is 23.1 Å². The van der Waals surface area contributed by atoms with Crippen LogP contribution in [0.15, 0.2) is 58.3 Å². The number of hydrogen-bond donors (Lipinski definition) is 2. The molecule has 0 radical (unpaired) electrons. The van der Waals surface area contributed by atoms with E-state index in [-0.39, 0.29) is 17.4 Å². The van der Waals surface area contributed by atoms with E-state index < -0.39 is 5.25 Å². The third-order valence-corrected chi connectivity index (χ3v) is 5.95. The van der Waals surface area contributed by atoms with Gasteiger partial charge in [0.2, 0.25) is 11.8 Å². The summed E-state index contributed by atoms with van der Waals surface area (Å²) >= 11 is 2.57. The predicted octanol–water partition coefficient (Wildman–Crippen LogP) is 3.72. The second-order valence-corrected chi connectivity index (χ2v) is 8.47. The standard InChI is InChI=1S/C20H20N4O3S2/c1-4-10-24-19(27)17-16(9-11-28-17)23-20(24)29-12(2)18(26)22-15-7-5-14(6-8-15)21-13(3)25/h4-9,11-12H,1,10H2,2-3H3,(H,21,25)(H,22,26)/t12-/m1/s1. The Hall–Kier alpha value is -2.91. The fourth-order valence-electron chi connectivity index (χ4n) is 2.60. The Morgan fingerprint density at radius 2 is 1.90 bits per heavy atom. The Kier molecular flexibility index (Phi) is 6.50. The second kappa shape index (κ2) is 9.06. The molecule has 0 aliphatic carbocycles. The van der Waals surface area contributed by atoms with E-state index in [4.69, 9.17) is 0 Å². The SMILES string of the molecule is C=CCn1c(S[C@H](C)C(=O)Nc2ccc(NC(C)=O)cc2)nc2ccsc2c1=O. The highest BCUT2D eigenvalue weighted by Crippen LogP contribution is 2.25. The van der Waals surface area contributed by atoms with Crippen LogP contribution < -0.4 is 16.2 Å². The molecule has 0 fully saturated rings. The van der Waals surface area contributed by atoms with Crippen molar-refractivity contribution in [3.8, 4) is 0 Å². The zero-order chi connectivity index (χ0) is 21.0. The van der Waals surface area contributed by atoms with E-state index in [1.54, 1.807) is 43.3 Å². The van der Waals surface area contributed by atoms with Crippen molar-refractivity contribution in [2.24, 2.45) is 0 Å². The Morgan fingerprint density at radius 1 is 1.24 bits per heavy atom. The van der Waals surface area contributed by atoms with Gasteiger partial charge in [-0.1, -0.05) is 17.8 Å². The van der Waals surface area contributed by atoms with E-state index in [2.05, 4.69) is 22.2 Å². The zero-order valence-electron chi connectivity index (χ0n) is 16.0. The first kappa shape index (κ1) is 20.8. The van der Waals surface area contributed by atoms with Crippen LogP contribution in [0.4, 0.5) is 11.4 Å². The zero-order valence-corrected chi connectivity index (χ0v) is 17.6. The monoisotopic (exact) mass is 428 g/mol. The maximum Gasteiger partial charge on any atom is 0.272 e. The van der Waals surface area contributed by atoms with Crippen molar-refractivity contribution in [2.75, 3.05) is 10.6 Å². The average molecular weight is 429 g/mol. The highest BCUT2D eigenvalue weighted by molar-refractivity contribution is 8.00. The molecular weight excluding hydrogens is 408 g/mol. The molecule has 9 heteroatoms. The topological polar surface area (TPSA) is 93.1 Å². The third-order valence-electron chi connectivity index (χ3n) is 3.97. The minimum atomic E-state index is -0.482. The third kappa shape index (κ3) is 4.93. The summed E-state index contributed by atoms with van der Waals surface area (Å²) in [5.41, 5.74) is 1.76. The summed E-state index contributed by atoms with van der Waals surface area (Å²) in [6.07, 6.45) is 1.63. The van der Waals surface area contributed by atoms with Crippen molar-refractivity contribution < 1.29 is 9.59 Å². The number of fused-ring (bicyclic) bond motifs is 1. The van der Waals surface area contributed by atoms with Gasteiger partial charge < -0.3 is 10.6 Å². The Morgan fingerprint density at radius 3 is 2.52 bits per heavy atom. The molecule has 0 unspecified atom stereocenters. The van der Waals surface area contributed by atoms with Gasteiger partial charge in [-0.3, -0.25) is 19.0 Å². The van der Waals surface area contributed by atoms with Gasteiger partial charge >= 0.3 is 0 Å². The number of nitrogens with zero attached hydrogens (tertiary/aromatic N) is 2. The number of thiophene rings is 1. The number of carbonyl (C=O) groups excluding carboxylic acids is 2. The minimum Gasteiger partial charge on any atom is -0.326 e. The molecule has 1 atom stereocenters. The molecule has 0 aliphatic rings.